The lowest BCUT2D eigenvalue weighted by Gasteiger charge is -2.17. The van der Waals surface area contributed by atoms with E-state index in [0.717, 1.165) is 6.26 Å². The minimum Gasteiger partial charge on any atom is -0.284 e. The van der Waals surface area contributed by atoms with E-state index in [9.17, 15) is 26.4 Å². The van der Waals surface area contributed by atoms with Gasteiger partial charge in [-0.2, -0.15) is 13.2 Å². The van der Waals surface area contributed by atoms with Crippen molar-refractivity contribution >= 4 is 42.5 Å². The summed E-state index contributed by atoms with van der Waals surface area (Å²) in [5, 5.41) is 0.347. The van der Waals surface area contributed by atoms with Gasteiger partial charge in [0, 0.05) is 27.4 Å². The average Bonchev–Trinajstić information content (AvgIpc) is 2.59. The number of ketones is 1. The van der Waals surface area contributed by atoms with Gasteiger partial charge >= 0.3 is 6.18 Å². The maximum Gasteiger partial charge on any atom is 0.454 e. The first kappa shape index (κ1) is 20.5. The van der Waals surface area contributed by atoms with Gasteiger partial charge in [0.15, 0.2) is 9.84 Å². The standard InChI is InChI=1S/C19H13BrF3NO3S/c1-10-15(18(25)19(21,22)23)16(13-4-3-5-14(20)17(13)24-10)11-6-8-12(9-7-11)28(2,26)27/h3-9H,1-2H3. The van der Waals surface area contributed by atoms with Crippen LogP contribution in [0.2, 0.25) is 0 Å². The number of halogens is 4. The van der Waals surface area contributed by atoms with Crippen LogP contribution in [-0.2, 0) is 9.84 Å². The Balaban J connectivity index is 2.42. The van der Waals surface area contributed by atoms with Gasteiger partial charge in [-0.15, -0.1) is 0 Å². The highest BCUT2D eigenvalue weighted by Crippen LogP contribution is 2.38. The molecule has 0 aliphatic carbocycles. The van der Waals surface area contributed by atoms with Crippen molar-refractivity contribution < 1.29 is 26.4 Å². The summed E-state index contributed by atoms with van der Waals surface area (Å²) < 4.78 is 63.7. The van der Waals surface area contributed by atoms with Crippen LogP contribution in [0.3, 0.4) is 0 Å². The molecule has 9 heteroatoms. The molecule has 146 valence electrons. The van der Waals surface area contributed by atoms with Crippen molar-refractivity contribution in [2.24, 2.45) is 0 Å². The molecule has 0 spiro atoms. The molecule has 4 nitrogen and oxygen atoms in total. The average molecular weight is 472 g/mol. The molecule has 1 heterocycles. The number of hydrogen-bond donors (Lipinski definition) is 0. The Bertz CT molecular complexity index is 1200. The predicted molar refractivity (Wildman–Crippen MR) is 103 cm³/mol. The van der Waals surface area contributed by atoms with E-state index in [1.54, 1.807) is 18.2 Å². The molecule has 0 aliphatic rings. The maximum absolute atomic E-state index is 13.2. The van der Waals surface area contributed by atoms with E-state index in [1.165, 1.54) is 31.2 Å². The molecule has 0 unspecified atom stereocenters. The Morgan fingerprint density at radius 3 is 2.21 bits per heavy atom. The van der Waals surface area contributed by atoms with Crippen LogP contribution in [0.15, 0.2) is 51.8 Å². The summed E-state index contributed by atoms with van der Waals surface area (Å²) in [6.07, 6.45) is -4.04. The van der Waals surface area contributed by atoms with Gasteiger partial charge in [-0.25, -0.2) is 8.42 Å². The number of carbonyl (C=O) groups is 1. The Hall–Kier alpha value is -2.26. The van der Waals surface area contributed by atoms with Gasteiger partial charge in [-0.05, 0) is 46.6 Å². The number of hydrogen-bond acceptors (Lipinski definition) is 4. The zero-order valence-corrected chi connectivity index (χ0v) is 17.0. The SMILES string of the molecule is Cc1nc2c(Br)cccc2c(-c2ccc(S(C)(=O)=O)cc2)c1C(=O)C(F)(F)F. The van der Waals surface area contributed by atoms with E-state index in [0.29, 0.717) is 15.4 Å². The lowest BCUT2D eigenvalue weighted by Crippen LogP contribution is -2.25. The van der Waals surface area contributed by atoms with E-state index >= 15 is 0 Å². The summed E-state index contributed by atoms with van der Waals surface area (Å²) in [5.41, 5.74) is 0.134. The molecule has 0 amide bonds. The molecule has 0 fully saturated rings. The van der Waals surface area contributed by atoms with Gasteiger partial charge in [0.2, 0.25) is 0 Å². The topological polar surface area (TPSA) is 64.1 Å². The van der Waals surface area contributed by atoms with Gasteiger partial charge in [0.25, 0.3) is 5.78 Å². The fraction of sp³-hybridized carbons (Fsp3) is 0.158. The van der Waals surface area contributed by atoms with Crippen molar-refractivity contribution in [3.05, 3.63) is 58.2 Å². The van der Waals surface area contributed by atoms with Crippen LogP contribution < -0.4 is 0 Å². The van der Waals surface area contributed by atoms with Gasteiger partial charge in [0.05, 0.1) is 16.0 Å². The molecule has 28 heavy (non-hydrogen) atoms. The summed E-state index contributed by atoms with van der Waals surface area (Å²) in [4.78, 5) is 16.4. The fourth-order valence-electron chi connectivity index (χ4n) is 2.96. The molecular formula is C19H13BrF3NO3S. The molecule has 0 radical (unpaired) electrons. The first-order chi connectivity index (χ1) is 12.9. The Morgan fingerprint density at radius 1 is 1.07 bits per heavy atom. The fourth-order valence-corrected chi connectivity index (χ4v) is 4.04. The van der Waals surface area contributed by atoms with Crippen molar-refractivity contribution in [2.45, 2.75) is 18.0 Å². The van der Waals surface area contributed by atoms with Gasteiger partial charge in [-0.1, -0.05) is 24.3 Å². The summed E-state index contributed by atoms with van der Waals surface area (Å²) in [5.74, 6) is -2.00. The number of fused-ring (bicyclic) bond motifs is 1. The van der Waals surface area contributed by atoms with E-state index in [2.05, 4.69) is 20.9 Å². The quantitative estimate of drug-likeness (QED) is 0.497. The number of sulfone groups is 1. The number of Topliss-reactive ketones (excluding diaryl/α,β-unsaturated/α-hetero) is 1. The van der Waals surface area contributed by atoms with Crippen LogP contribution in [-0.4, -0.2) is 31.6 Å². The number of aryl methyl sites for hydroxylation is 1. The predicted octanol–water partition coefficient (Wildman–Crippen LogP) is 5.12. The summed E-state index contributed by atoms with van der Waals surface area (Å²) in [6, 6.07) is 10.3. The molecule has 3 aromatic rings. The van der Waals surface area contributed by atoms with Crippen LogP contribution >= 0.6 is 15.9 Å². The third-order valence-electron chi connectivity index (χ3n) is 4.20. The molecule has 3 rings (SSSR count). The van der Waals surface area contributed by atoms with E-state index in [4.69, 9.17) is 0 Å². The van der Waals surface area contributed by atoms with Gasteiger partial charge < -0.3 is 0 Å². The number of para-hydroxylation sites is 1. The van der Waals surface area contributed by atoms with E-state index in [1.807, 2.05) is 0 Å². The van der Waals surface area contributed by atoms with E-state index < -0.39 is 27.4 Å². The molecule has 0 atom stereocenters. The first-order valence-electron chi connectivity index (χ1n) is 7.92. The third kappa shape index (κ3) is 3.68. The highest BCUT2D eigenvalue weighted by molar-refractivity contribution is 9.10. The van der Waals surface area contributed by atoms with E-state index in [-0.39, 0.29) is 21.7 Å². The zero-order valence-electron chi connectivity index (χ0n) is 14.6. The first-order valence-corrected chi connectivity index (χ1v) is 10.6. The number of nitrogens with zero attached hydrogens (tertiary/aromatic N) is 1. The van der Waals surface area contributed by atoms with Gasteiger partial charge in [-0.3, -0.25) is 9.78 Å². The molecule has 2 aromatic carbocycles. The lowest BCUT2D eigenvalue weighted by molar-refractivity contribution is -0.0885. The molecular weight excluding hydrogens is 459 g/mol. The van der Waals surface area contributed by atoms with Crippen molar-refractivity contribution in [3.8, 4) is 11.1 Å². The minimum atomic E-state index is -5.08. The maximum atomic E-state index is 13.2. The Kier molecular flexibility index (Phi) is 5.09. The minimum absolute atomic E-state index is 0.0243. The second kappa shape index (κ2) is 6.97. The number of rotatable bonds is 3. The Morgan fingerprint density at radius 2 is 1.68 bits per heavy atom. The van der Waals surface area contributed by atoms with Crippen LogP contribution in [0.1, 0.15) is 16.1 Å². The molecule has 0 aliphatic heterocycles. The molecule has 0 N–H and O–H groups in total. The molecule has 1 aromatic heterocycles. The number of benzene rings is 2. The summed E-state index contributed by atoms with van der Waals surface area (Å²) in [6.45, 7) is 1.34. The van der Waals surface area contributed by atoms with Crippen molar-refractivity contribution in [1.82, 2.24) is 4.98 Å². The normalized spacial score (nSPS) is 12.4. The number of aromatic nitrogens is 1. The van der Waals surface area contributed by atoms with Crippen LogP contribution in [0, 0.1) is 6.92 Å². The molecule has 0 bridgehead atoms. The molecule has 0 saturated heterocycles. The second-order valence-corrected chi connectivity index (χ2v) is 9.08. The largest absolute Gasteiger partial charge is 0.454 e. The highest BCUT2D eigenvalue weighted by atomic mass is 79.9. The number of pyridine rings is 1. The third-order valence-corrected chi connectivity index (χ3v) is 5.97. The van der Waals surface area contributed by atoms with Crippen molar-refractivity contribution in [3.63, 3.8) is 0 Å². The van der Waals surface area contributed by atoms with Crippen LogP contribution in [0.25, 0.3) is 22.0 Å². The Labute approximate surface area is 167 Å². The monoisotopic (exact) mass is 471 g/mol. The zero-order chi connectivity index (χ0) is 20.9. The lowest BCUT2D eigenvalue weighted by atomic mass is 9.92. The number of alkyl halides is 3. The van der Waals surface area contributed by atoms with Crippen molar-refractivity contribution in [2.75, 3.05) is 6.26 Å². The van der Waals surface area contributed by atoms with Crippen molar-refractivity contribution in [1.29, 1.82) is 0 Å². The highest BCUT2D eigenvalue weighted by Gasteiger charge is 2.42. The summed E-state index contributed by atoms with van der Waals surface area (Å²) >= 11 is 3.33. The summed E-state index contributed by atoms with van der Waals surface area (Å²) in [7, 11) is -3.48. The van der Waals surface area contributed by atoms with Crippen LogP contribution in [0.4, 0.5) is 13.2 Å². The molecule has 0 saturated carbocycles. The number of carbonyl (C=O) groups excluding carboxylic acids is 1. The smallest absolute Gasteiger partial charge is 0.284 e. The van der Waals surface area contributed by atoms with Gasteiger partial charge in [0.1, 0.15) is 0 Å². The second-order valence-electron chi connectivity index (χ2n) is 6.21. The van der Waals surface area contributed by atoms with Crippen LogP contribution in [0.5, 0.6) is 0 Å².